The van der Waals surface area contributed by atoms with Gasteiger partial charge in [-0.2, -0.15) is 4.98 Å². The van der Waals surface area contributed by atoms with Crippen LogP contribution in [-0.2, 0) is 0 Å². The Bertz CT molecular complexity index is 629. The molecule has 0 unspecified atom stereocenters. The maximum atomic E-state index is 13.3. The average molecular weight is 311 g/mol. The van der Waals surface area contributed by atoms with Crippen LogP contribution in [0.4, 0.5) is 10.2 Å². The van der Waals surface area contributed by atoms with Crippen molar-refractivity contribution in [3.8, 4) is 0 Å². The fourth-order valence-corrected chi connectivity index (χ4v) is 2.41. The van der Waals surface area contributed by atoms with Crippen molar-refractivity contribution in [3.05, 3.63) is 23.4 Å². The normalized spacial score (nSPS) is 14.1. The predicted octanol–water partition coefficient (Wildman–Crippen LogP) is 4.59. The van der Waals surface area contributed by atoms with Crippen molar-refractivity contribution in [2.24, 2.45) is 0 Å². The Balaban J connectivity index is 2.41. The van der Waals surface area contributed by atoms with Crippen molar-refractivity contribution in [1.29, 1.82) is 0 Å². The minimum absolute atomic E-state index is 0.0892. The number of hydrogen-bond donors (Lipinski definition) is 1. The van der Waals surface area contributed by atoms with Crippen LogP contribution in [0.1, 0.15) is 46.5 Å². The van der Waals surface area contributed by atoms with Gasteiger partial charge < -0.3 is 5.32 Å². The van der Waals surface area contributed by atoms with Crippen LogP contribution in [0.25, 0.3) is 11.0 Å². The Kier molecular flexibility index (Phi) is 4.93. The number of unbranched alkanes of at least 4 members (excludes halogenated alkanes) is 1. The lowest BCUT2D eigenvalue weighted by Crippen LogP contribution is -2.34. The fraction of sp³-hybridized carbons (Fsp3) is 0.533. The molecule has 21 heavy (non-hydrogen) atoms. The molecule has 0 radical (unpaired) electrons. The largest absolute Gasteiger partial charge is 0.363 e. The number of anilines is 1. The van der Waals surface area contributed by atoms with E-state index in [2.05, 4.69) is 41.0 Å². The van der Waals surface area contributed by atoms with Crippen molar-refractivity contribution in [2.75, 3.05) is 5.32 Å². The van der Waals surface area contributed by atoms with E-state index in [1.807, 2.05) is 0 Å². The van der Waals surface area contributed by atoms with E-state index in [1.54, 1.807) is 0 Å². The first-order valence-electron chi connectivity index (χ1n) is 7.24. The molecule has 0 bridgehead atoms. The van der Waals surface area contributed by atoms with E-state index in [0.29, 0.717) is 16.9 Å². The van der Waals surface area contributed by atoms with Crippen LogP contribution in [0.15, 0.2) is 12.3 Å². The van der Waals surface area contributed by atoms with Gasteiger partial charge in [-0.3, -0.25) is 0 Å². The lowest BCUT2D eigenvalue weighted by molar-refractivity contribution is 0.438. The Morgan fingerprint density at radius 1 is 1.33 bits per heavy atom. The summed E-state index contributed by atoms with van der Waals surface area (Å²) in [7, 11) is 0. The lowest BCUT2D eigenvalue weighted by atomic mass is 9.92. The van der Waals surface area contributed by atoms with Crippen molar-refractivity contribution < 1.29 is 4.39 Å². The molecule has 0 amide bonds. The number of hydrogen-bond acceptors (Lipinski definition) is 4. The Hall–Kier alpha value is -1.49. The molecule has 0 spiro atoms. The first-order chi connectivity index (χ1) is 9.97. The number of nitrogens with one attached hydrogen (secondary N) is 1. The van der Waals surface area contributed by atoms with E-state index < -0.39 is 5.82 Å². The summed E-state index contributed by atoms with van der Waals surface area (Å²) in [5.41, 5.74) is 0.847. The monoisotopic (exact) mass is 310 g/mol. The summed E-state index contributed by atoms with van der Waals surface area (Å²) in [6.07, 6.45) is 5.38. The molecule has 1 atom stereocenters. The summed E-state index contributed by atoms with van der Waals surface area (Å²) in [4.78, 5) is 12.4. The first kappa shape index (κ1) is 15.9. The van der Waals surface area contributed by atoms with Gasteiger partial charge in [0.1, 0.15) is 11.3 Å². The second-order valence-corrected chi connectivity index (χ2v) is 5.84. The molecule has 0 saturated heterocycles. The maximum absolute atomic E-state index is 13.3. The third kappa shape index (κ3) is 3.79. The van der Waals surface area contributed by atoms with Crippen LogP contribution < -0.4 is 5.32 Å². The standard InChI is InChI=1S/C15H20ClFN4/c1-4-6-7-15(3,5-2)21-13-12-11(19-14(16)20-13)8-10(17)9-18-12/h8-9H,4-7H2,1-3H3,(H,19,20,21)/t15-/m0/s1. The van der Waals surface area contributed by atoms with Crippen molar-refractivity contribution in [1.82, 2.24) is 15.0 Å². The molecule has 2 rings (SSSR count). The summed E-state index contributed by atoms with van der Waals surface area (Å²) in [6.45, 7) is 6.44. The number of nitrogens with zero attached hydrogens (tertiary/aromatic N) is 3. The zero-order valence-electron chi connectivity index (χ0n) is 12.6. The Labute approximate surface area is 129 Å². The molecule has 2 aromatic rings. The van der Waals surface area contributed by atoms with Gasteiger partial charge in [0.05, 0.1) is 11.7 Å². The highest BCUT2D eigenvalue weighted by Gasteiger charge is 2.23. The summed E-state index contributed by atoms with van der Waals surface area (Å²) in [5, 5.41) is 3.51. The third-order valence-corrected chi connectivity index (χ3v) is 3.93. The molecule has 0 saturated carbocycles. The van der Waals surface area contributed by atoms with E-state index in [0.717, 1.165) is 25.7 Å². The highest BCUT2D eigenvalue weighted by molar-refractivity contribution is 6.28. The Morgan fingerprint density at radius 2 is 2.10 bits per heavy atom. The molecular formula is C15H20ClFN4. The smallest absolute Gasteiger partial charge is 0.225 e. The van der Waals surface area contributed by atoms with Crippen LogP contribution in [0, 0.1) is 5.82 Å². The van der Waals surface area contributed by atoms with E-state index in [4.69, 9.17) is 11.6 Å². The number of fused-ring (bicyclic) bond motifs is 1. The maximum Gasteiger partial charge on any atom is 0.225 e. The van der Waals surface area contributed by atoms with Gasteiger partial charge in [0, 0.05) is 11.6 Å². The van der Waals surface area contributed by atoms with Gasteiger partial charge in [-0.25, -0.2) is 14.4 Å². The average Bonchev–Trinajstić information content (AvgIpc) is 2.44. The van der Waals surface area contributed by atoms with Crippen molar-refractivity contribution in [2.45, 2.75) is 52.0 Å². The van der Waals surface area contributed by atoms with Crippen LogP contribution in [-0.4, -0.2) is 20.5 Å². The number of pyridine rings is 1. The van der Waals surface area contributed by atoms with Crippen LogP contribution in [0.2, 0.25) is 5.28 Å². The minimum Gasteiger partial charge on any atom is -0.363 e. The van der Waals surface area contributed by atoms with Crippen LogP contribution in [0.5, 0.6) is 0 Å². The van der Waals surface area contributed by atoms with Gasteiger partial charge in [0.15, 0.2) is 5.82 Å². The Morgan fingerprint density at radius 3 is 2.76 bits per heavy atom. The van der Waals surface area contributed by atoms with Gasteiger partial charge in [-0.05, 0) is 31.4 Å². The highest BCUT2D eigenvalue weighted by Crippen LogP contribution is 2.27. The molecule has 1 N–H and O–H groups in total. The summed E-state index contributed by atoms with van der Waals surface area (Å²) in [6, 6.07) is 1.32. The van der Waals surface area contributed by atoms with Crippen LogP contribution >= 0.6 is 11.6 Å². The lowest BCUT2D eigenvalue weighted by Gasteiger charge is -2.30. The second-order valence-electron chi connectivity index (χ2n) is 5.51. The quantitative estimate of drug-likeness (QED) is 0.793. The topological polar surface area (TPSA) is 50.7 Å². The summed E-state index contributed by atoms with van der Waals surface area (Å²) in [5.74, 6) is 0.123. The molecule has 0 fully saturated rings. The zero-order valence-corrected chi connectivity index (χ0v) is 13.3. The van der Waals surface area contributed by atoms with Gasteiger partial charge in [-0.1, -0.05) is 26.7 Å². The molecule has 0 aliphatic rings. The number of halogens is 2. The van der Waals surface area contributed by atoms with Gasteiger partial charge >= 0.3 is 0 Å². The molecule has 2 heterocycles. The van der Waals surface area contributed by atoms with Gasteiger partial charge in [-0.15, -0.1) is 0 Å². The second kappa shape index (κ2) is 6.52. The zero-order chi connectivity index (χ0) is 15.5. The summed E-state index contributed by atoms with van der Waals surface area (Å²) >= 11 is 5.94. The minimum atomic E-state index is -0.438. The van der Waals surface area contributed by atoms with Gasteiger partial charge in [0.25, 0.3) is 0 Å². The molecular weight excluding hydrogens is 291 g/mol. The fourth-order valence-electron chi connectivity index (χ4n) is 2.23. The molecule has 6 heteroatoms. The third-order valence-electron chi connectivity index (χ3n) is 3.76. The van der Waals surface area contributed by atoms with E-state index in [-0.39, 0.29) is 10.8 Å². The molecule has 0 aliphatic heterocycles. The molecule has 2 aromatic heterocycles. The van der Waals surface area contributed by atoms with Crippen molar-refractivity contribution in [3.63, 3.8) is 0 Å². The SMILES string of the molecule is CCCC[C@](C)(CC)Nc1nc(Cl)nc2cc(F)cnc12. The molecule has 114 valence electrons. The molecule has 0 aliphatic carbocycles. The van der Waals surface area contributed by atoms with Gasteiger partial charge in [0.2, 0.25) is 5.28 Å². The van der Waals surface area contributed by atoms with E-state index in [1.165, 1.54) is 12.3 Å². The summed E-state index contributed by atoms with van der Waals surface area (Å²) < 4.78 is 13.3. The first-order valence-corrected chi connectivity index (χ1v) is 7.62. The van der Waals surface area contributed by atoms with Crippen molar-refractivity contribution >= 4 is 28.5 Å². The highest BCUT2D eigenvalue weighted by atomic mass is 35.5. The number of aromatic nitrogens is 3. The molecule has 4 nitrogen and oxygen atoms in total. The predicted molar refractivity (Wildman–Crippen MR) is 84.1 cm³/mol. The van der Waals surface area contributed by atoms with Crippen LogP contribution in [0.3, 0.4) is 0 Å². The van der Waals surface area contributed by atoms with E-state index in [9.17, 15) is 4.39 Å². The number of rotatable bonds is 6. The molecule has 0 aromatic carbocycles. The van der Waals surface area contributed by atoms with E-state index >= 15 is 0 Å².